The maximum atomic E-state index is 12.5. The van der Waals surface area contributed by atoms with Crippen molar-refractivity contribution in [2.75, 3.05) is 56.0 Å². The molecule has 0 radical (unpaired) electrons. The SMILES string of the molecule is O=C(CN1CCN(C(=O)c2cccs2)CC1)Nc1ccc(N2CCCCCC2)cc1. The average molecular weight is 427 g/mol. The summed E-state index contributed by atoms with van der Waals surface area (Å²) in [5, 5.41) is 4.93. The minimum absolute atomic E-state index is 0.00411. The minimum Gasteiger partial charge on any atom is -0.372 e. The van der Waals surface area contributed by atoms with Crippen molar-refractivity contribution in [3.63, 3.8) is 0 Å². The third-order valence-corrected chi connectivity index (χ3v) is 6.74. The Morgan fingerprint density at radius 1 is 0.867 bits per heavy atom. The topological polar surface area (TPSA) is 55.9 Å². The maximum Gasteiger partial charge on any atom is 0.264 e. The van der Waals surface area contributed by atoms with Crippen molar-refractivity contribution in [2.24, 2.45) is 0 Å². The standard InChI is InChI=1S/C23H30N4O2S/c28-22(18-25-13-15-27(16-14-25)23(29)21-6-5-17-30-21)24-19-7-9-20(10-8-19)26-11-3-1-2-4-12-26/h5-10,17H,1-4,11-16,18H2,(H,24,28). The summed E-state index contributed by atoms with van der Waals surface area (Å²) in [4.78, 5) is 32.1. The Morgan fingerprint density at radius 2 is 1.57 bits per heavy atom. The molecule has 2 saturated heterocycles. The molecule has 6 nitrogen and oxygen atoms in total. The van der Waals surface area contributed by atoms with E-state index in [1.807, 2.05) is 34.5 Å². The van der Waals surface area contributed by atoms with Gasteiger partial charge in [-0.15, -0.1) is 11.3 Å². The number of nitrogens with zero attached hydrogens (tertiary/aromatic N) is 3. The first-order valence-corrected chi connectivity index (χ1v) is 11.8. The van der Waals surface area contributed by atoms with E-state index in [1.165, 1.54) is 42.7 Å². The van der Waals surface area contributed by atoms with E-state index in [0.29, 0.717) is 19.6 Å². The molecule has 0 aliphatic carbocycles. The molecule has 0 spiro atoms. The molecule has 1 aromatic carbocycles. The molecular weight excluding hydrogens is 396 g/mol. The highest BCUT2D eigenvalue weighted by molar-refractivity contribution is 7.12. The van der Waals surface area contributed by atoms with Crippen molar-refractivity contribution in [1.82, 2.24) is 9.80 Å². The second kappa shape index (κ2) is 10.1. The zero-order valence-corrected chi connectivity index (χ0v) is 18.2. The summed E-state index contributed by atoms with van der Waals surface area (Å²) in [7, 11) is 0. The van der Waals surface area contributed by atoms with E-state index >= 15 is 0 Å². The summed E-state index contributed by atoms with van der Waals surface area (Å²) in [6.07, 6.45) is 5.15. The number of carbonyl (C=O) groups excluding carboxylic acids is 2. The number of nitrogens with one attached hydrogen (secondary N) is 1. The summed E-state index contributed by atoms with van der Waals surface area (Å²) in [6, 6.07) is 12.0. The van der Waals surface area contributed by atoms with Gasteiger partial charge < -0.3 is 15.1 Å². The van der Waals surface area contributed by atoms with Crippen LogP contribution in [0.25, 0.3) is 0 Å². The van der Waals surface area contributed by atoms with Gasteiger partial charge in [-0.05, 0) is 48.6 Å². The van der Waals surface area contributed by atoms with Gasteiger partial charge in [0.25, 0.3) is 5.91 Å². The van der Waals surface area contributed by atoms with Crippen LogP contribution in [0.3, 0.4) is 0 Å². The zero-order valence-electron chi connectivity index (χ0n) is 17.4. The number of thiophene rings is 1. The Balaban J connectivity index is 1.22. The van der Waals surface area contributed by atoms with Crippen LogP contribution in [0.1, 0.15) is 35.4 Å². The smallest absolute Gasteiger partial charge is 0.264 e. The molecule has 0 unspecified atom stereocenters. The normalized spacial score (nSPS) is 18.1. The molecule has 2 fully saturated rings. The Labute approximate surface area is 182 Å². The molecule has 2 aliphatic rings. The predicted octanol–water partition coefficient (Wildman–Crippen LogP) is 3.53. The van der Waals surface area contributed by atoms with Gasteiger partial charge in [-0.25, -0.2) is 0 Å². The lowest BCUT2D eigenvalue weighted by molar-refractivity contribution is -0.117. The van der Waals surface area contributed by atoms with Crippen LogP contribution in [-0.2, 0) is 4.79 Å². The fourth-order valence-corrected chi connectivity index (χ4v) is 4.84. The summed E-state index contributed by atoms with van der Waals surface area (Å²) >= 11 is 1.48. The summed E-state index contributed by atoms with van der Waals surface area (Å²) in [5.74, 6) is 0.0918. The van der Waals surface area contributed by atoms with Gasteiger partial charge in [0, 0.05) is 50.6 Å². The minimum atomic E-state index is -0.00411. The third kappa shape index (κ3) is 5.40. The Hall–Kier alpha value is -2.38. The first kappa shape index (κ1) is 20.9. The van der Waals surface area contributed by atoms with E-state index in [0.717, 1.165) is 36.7 Å². The van der Waals surface area contributed by atoms with Gasteiger partial charge in [-0.3, -0.25) is 14.5 Å². The molecule has 2 aliphatic heterocycles. The summed E-state index contributed by atoms with van der Waals surface area (Å²) < 4.78 is 0. The molecular formula is C23H30N4O2S. The van der Waals surface area contributed by atoms with Crippen LogP contribution in [0.5, 0.6) is 0 Å². The van der Waals surface area contributed by atoms with Crippen LogP contribution in [0.2, 0.25) is 0 Å². The van der Waals surface area contributed by atoms with Crippen molar-refractivity contribution < 1.29 is 9.59 Å². The predicted molar refractivity (Wildman–Crippen MR) is 122 cm³/mol. The van der Waals surface area contributed by atoms with Crippen LogP contribution >= 0.6 is 11.3 Å². The number of benzene rings is 1. The number of rotatable bonds is 5. The fourth-order valence-electron chi connectivity index (χ4n) is 4.15. The Kier molecular flexibility index (Phi) is 7.02. The number of anilines is 2. The van der Waals surface area contributed by atoms with Gasteiger partial charge in [0.1, 0.15) is 0 Å². The quantitative estimate of drug-likeness (QED) is 0.795. The van der Waals surface area contributed by atoms with Crippen molar-refractivity contribution in [2.45, 2.75) is 25.7 Å². The third-order valence-electron chi connectivity index (χ3n) is 5.88. The van der Waals surface area contributed by atoms with Gasteiger partial charge in [-0.1, -0.05) is 18.9 Å². The molecule has 3 heterocycles. The Morgan fingerprint density at radius 3 is 2.20 bits per heavy atom. The molecule has 2 amide bonds. The first-order valence-electron chi connectivity index (χ1n) is 10.9. The number of hydrogen-bond donors (Lipinski definition) is 1. The number of piperazine rings is 1. The number of hydrogen-bond acceptors (Lipinski definition) is 5. The highest BCUT2D eigenvalue weighted by Gasteiger charge is 2.23. The molecule has 4 rings (SSSR count). The van der Waals surface area contributed by atoms with Crippen molar-refractivity contribution >= 4 is 34.5 Å². The largest absolute Gasteiger partial charge is 0.372 e. The van der Waals surface area contributed by atoms with Crippen LogP contribution in [0.4, 0.5) is 11.4 Å². The first-order chi connectivity index (χ1) is 14.7. The lowest BCUT2D eigenvalue weighted by Gasteiger charge is -2.34. The van der Waals surface area contributed by atoms with E-state index < -0.39 is 0 Å². The lowest BCUT2D eigenvalue weighted by Crippen LogP contribution is -2.50. The van der Waals surface area contributed by atoms with Crippen molar-refractivity contribution in [1.29, 1.82) is 0 Å². The summed E-state index contributed by atoms with van der Waals surface area (Å²) in [6.45, 7) is 5.36. The van der Waals surface area contributed by atoms with Crippen molar-refractivity contribution in [3.8, 4) is 0 Å². The molecule has 1 N–H and O–H groups in total. The van der Waals surface area contributed by atoms with Crippen LogP contribution in [0, 0.1) is 0 Å². The molecule has 2 aromatic rings. The fraction of sp³-hybridized carbons (Fsp3) is 0.478. The van der Waals surface area contributed by atoms with Gasteiger partial charge in [0.2, 0.25) is 5.91 Å². The van der Waals surface area contributed by atoms with Gasteiger partial charge in [0.05, 0.1) is 11.4 Å². The highest BCUT2D eigenvalue weighted by Crippen LogP contribution is 2.21. The van der Waals surface area contributed by atoms with E-state index in [-0.39, 0.29) is 11.8 Å². The van der Waals surface area contributed by atoms with E-state index in [2.05, 4.69) is 27.2 Å². The van der Waals surface area contributed by atoms with Gasteiger partial charge in [0.15, 0.2) is 0 Å². The number of amides is 2. The second-order valence-corrected chi connectivity index (χ2v) is 8.99. The lowest BCUT2D eigenvalue weighted by atomic mass is 10.2. The molecule has 1 aromatic heterocycles. The monoisotopic (exact) mass is 426 g/mol. The number of carbonyl (C=O) groups is 2. The summed E-state index contributed by atoms with van der Waals surface area (Å²) in [5.41, 5.74) is 2.08. The Bertz CT molecular complexity index is 821. The van der Waals surface area contributed by atoms with Gasteiger partial charge >= 0.3 is 0 Å². The van der Waals surface area contributed by atoms with Crippen LogP contribution in [0.15, 0.2) is 41.8 Å². The zero-order chi connectivity index (χ0) is 20.8. The second-order valence-electron chi connectivity index (χ2n) is 8.04. The molecule has 7 heteroatoms. The van der Waals surface area contributed by atoms with Gasteiger partial charge in [-0.2, -0.15) is 0 Å². The molecule has 0 bridgehead atoms. The van der Waals surface area contributed by atoms with Crippen LogP contribution in [-0.4, -0.2) is 67.4 Å². The molecule has 160 valence electrons. The van der Waals surface area contributed by atoms with Crippen LogP contribution < -0.4 is 10.2 Å². The molecule has 0 saturated carbocycles. The molecule has 0 atom stereocenters. The van der Waals surface area contributed by atoms with E-state index in [9.17, 15) is 9.59 Å². The average Bonchev–Trinajstić information content (AvgIpc) is 3.17. The van der Waals surface area contributed by atoms with E-state index in [1.54, 1.807) is 0 Å². The maximum absolute atomic E-state index is 12.5. The van der Waals surface area contributed by atoms with Crippen molar-refractivity contribution in [3.05, 3.63) is 46.7 Å². The van der Waals surface area contributed by atoms with E-state index in [4.69, 9.17) is 0 Å². The molecule has 30 heavy (non-hydrogen) atoms. The highest BCUT2D eigenvalue weighted by atomic mass is 32.1.